The number of benzene rings is 1. The van der Waals surface area contributed by atoms with Gasteiger partial charge in [-0.1, -0.05) is 30.8 Å². The second-order valence-electron chi connectivity index (χ2n) is 4.15. The molecule has 0 saturated carbocycles. The van der Waals surface area contributed by atoms with Crippen LogP contribution < -0.4 is 0 Å². The summed E-state index contributed by atoms with van der Waals surface area (Å²) in [6, 6.07) is 6.29. The Bertz CT molecular complexity index is 615. The molecule has 0 fully saturated rings. The minimum atomic E-state index is -0.909. The van der Waals surface area contributed by atoms with Crippen LogP contribution in [0.4, 0.5) is 4.39 Å². The van der Waals surface area contributed by atoms with Crippen molar-refractivity contribution in [2.24, 2.45) is 0 Å². The van der Waals surface area contributed by atoms with Crippen LogP contribution in [0, 0.1) is 5.82 Å². The number of nitrogens with zero attached hydrogens (tertiary/aromatic N) is 3. The molecule has 2 rings (SSSR count). The highest BCUT2D eigenvalue weighted by atomic mass is 32.2. The molecule has 7 heteroatoms. The Morgan fingerprint density at radius 2 is 2.25 bits per heavy atom. The van der Waals surface area contributed by atoms with Crippen molar-refractivity contribution < 1.29 is 14.3 Å². The lowest BCUT2D eigenvalue weighted by Crippen LogP contribution is -2.07. The van der Waals surface area contributed by atoms with Gasteiger partial charge in [0.15, 0.2) is 5.16 Å². The molecule has 0 spiro atoms. The van der Waals surface area contributed by atoms with Gasteiger partial charge in [-0.25, -0.2) is 4.39 Å². The van der Waals surface area contributed by atoms with Crippen molar-refractivity contribution in [1.29, 1.82) is 0 Å². The Kier molecular flexibility index (Phi) is 4.73. The van der Waals surface area contributed by atoms with E-state index in [1.165, 1.54) is 12.1 Å². The summed E-state index contributed by atoms with van der Waals surface area (Å²) in [6.45, 7) is 2.37. The molecule has 1 heterocycles. The first-order valence-corrected chi connectivity index (χ1v) is 7.09. The zero-order valence-corrected chi connectivity index (χ0v) is 11.7. The summed E-state index contributed by atoms with van der Waals surface area (Å²) in [5.74, 6) is -0.533. The number of aliphatic carboxylic acids is 1. The number of carboxylic acids is 1. The van der Waals surface area contributed by atoms with Crippen molar-refractivity contribution in [1.82, 2.24) is 14.8 Å². The third kappa shape index (κ3) is 3.57. The van der Waals surface area contributed by atoms with E-state index >= 15 is 0 Å². The van der Waals surface area contributed by atoms with Gasteiger partial charge in [0, 0.05) is 6.42 Å². The van der Waals surface area contributed by atoms with Crippen LogP contribution in [0.2, 0.25) is 0 Å². The molecule has 2 aromatic rings. The Morgan fingerprint density at radius 3 is 2.90 bits per heavy atom. The maximum atomic E-state index is 13.2. The summed E-state index contributed by atoms with van der Waals surface area (Å²) in [5, 5.41) is 17.3. The van der Waals surface area contributed by atoms with E-state index < -0.39 is 5.97 Å². The molecule has 0 saturated heterocycles. The van der Waals surface area contributed by atoms with Gasteiger partial charge in [-0.05, 0) is 17.7 Å². The molecule has 0 atom stereocenters. The minimum absolute atomic E-state index is 0.0784. The van der Waals surface area contributed by atoms with Crippen molar-refractivity contribution in [2.45, 2.75) is 25.0 Å². The molecule has 0 bridgehead atoms. The molecule has 0 unspecified atom stereocenters. The fourth-order valence-electron chi connectivity index (χ4n) is 1.79. The number of aryl methyl sites for hydroxylation is 1. The molecule has 0 aliphatic rings. The summed E-state index contributed by atoms with van der Waals surface area (Å²) >= 11 is 1.11. The van der Waals surface area contributed by atoms with Crippen molar-refractivity contribution in [3.05, 3.63) is 41.5 Å². The van der Waals surface area contributed by atoms with Gasteiger partial charge in [0.2, 0.25) is 0 Å². The zero-order valence-electron chi connectivity index (χ0n) is 10.9. The summed E-state index contributed by atoms with van der Waals surface area (Å²) < 4.78 is 15.0. The van der Waals surface area contributed by atoms with E-state index in [-0.39, 0.29) is 11.6 Å². The highest BCUT2D eigenvalue weighted by Crippen LogP contribution is 2.19. The van der Waals surface area contributed by atoms with Crippen molar-refractivity contribution in [3.8, 4) is 0 Å². The van der Waals surface area contributed by atoms with E-state index in [2.05, 4.69) is 10.2 Å². The zero-order chi connectivity index (χ0) is 14.5. The second-order valence-corrected chi connectivity index (χ2v) is 5.09. The summed E-state index contributed by atoms with van der Waals surface area (Å²) in [7, 11) is 0. The number of carboxylic acid groups (broad SMARTS) is 1. The summed E-state index contributed by atoms with van der Waals surface area (Å²) in [5.41, 5.74) is 0.789. The van der Waals surface area contributed by atoms with Gasteiger partial charge >= 0.3 is 5.97 Å². The molecule has 0 aliphatic heterocycles. The topological polar surface area (TPSA) is 68.0 Å². The van der Waals surface area contributed by atoms with E-state index in [9.17, 15) is 9.18 Å². The van der Waals surface area contributed by atoms with Crippen LogP contribution in [0.15, 0.2) is 29.4 Å². The van der Waals surface area contributed by atoms with Crippen LogP contribution in [0.1, 0.15) is 18.3 Å². The second kappa shape index (κ2) is 6.51. The lowest BCUT2D eigenvalue weighted by atomic mass is 10.2. The van der Waals surface area contributed by atoms with E-state index in [0.717, 1.165) is 23.1 Å². The number of halogens is 1. The quantitative estimate of drug-likeness (QED) is 0.828. The minimum Gasteiger partial charge on any atom is -0.481 e. The Morgan fingerprint density at radius 1 is 1.45 bits per heavy atom. The van der Waals surface area contributed by atoms with E-state index in [1.54, 1.807) is 6.07 Å². The molecule has 0 radical (unpaired) electrons. The van der Waals surface area contributed by atoms with Crippen LogP contribution in [-0.2, 0) is 17.8 Å². The summed E-state index contributed by atoms with van der Waals surface area (Å²) in [6.07, 6.45) is 0.677. The normalized spacial score (nSPS) is 10.7. The Hall–Kier alpha value is -1.89. The Labute approximate surface area is 119 Å². The standard InChI is InChI=1S/C13H14FN3O2S/c1-2-11-15-16-13(20-8-12(18)19)17(11)7-9-4-3-5-10(14)6-9/h3-6H,2,7-8H2,1H3,(H,18,19). The average Bonchev–Trinajstić information content (AvgIpc) is 2.78. The molecule has 0 aliphatic carbocycles. The van der Waals surface area contributed by atoms with Crippen LogP contribution in [-0.4, -0.2) is 31.6 Å². The first-order valence-electron chi connectivity index (χ1n) is 6.11. The van der Waals surface area contributed by atoms with Gasteiger partial charge in [0.05, 0.1) is 12.3 Å². The average molecular weight is 295 g/mol. The van der Waals surface area contributed by atoms with Gasteiger partial charge in [0.25, 0.3) is 0 Å². The molecular formula is C13H14FN3O2S. The molecule has 20 heavy (non-hydrogen) atoms. The largest absolute Gasteiger partial charge is 0.481 e. The van der Waals surface area contributed by atoms with Crippen LogP contribution >= 0.6 is 11.8 Å². The van der Waals surface area contributed by atoms with E-state index in [1.807, 2.05) is 17.6 Å². The third-order valence-corrected chi connectivity index (χ3v) is 3.62. The predicted molar refractivity (Wildman–Crippen MR) is 73.3 cm³/mol. The summed E-state index contributed by atoms with van der Waals surface area (Å²) in [4.78, 5) is 10.6. The highest BCUT2D eigenvalue weighted by Gasteiger charge is 2.13. The van der Waals surface area contributed by atoms with Crippen molar-refractivity contribution in [2.75, 3.05) is 5.75 Å². The fourth-order valence-corrected chi connectivity index (χ4v) is 2.47. The monoisotopic (exact) mass is 295 g/mol. The highest BCUT2D eigenvalue weighted by molar-refractivity contribution is 7.99. The van der Waals surface area contributed by atoms with Gasteiger partial charge in [-0.3, -0.25) is 4.79 Å². The predicted octanol–water partition coefficient (Wildman–Crippen LogP) is 2.20. The smallest absolute Gasteiger partial charge is 0.313 e. The lowest BCUT2D eigenvalue weighted by molar-refractivity contribution is -0.133. The lowest BCUT2D eigenvalue weighted by Gasteiger charge is -2.09. The van der Waals surface area contributed by atoms with Gasteiger partial charge in [-0.15, -0.1) is 10.2 Å². The SMILES string of the molecule is CCc1nnc(SCC(=O)O)n1Cc1cccc(F)c1. The van der Waals surface area contributed by atoms with Crippen LogP contribution in [0.3, 0.4) is 0 Å². The van der Waals surface area contributed by atoms with E-state index in [0.29, 0.717) is 18.1 Å². The number of rotatable bonds is 6. The van der Waals surface area contributed by atoms with Gasteiger partial charge in [0.1, 0.15) is 11.6 Å². The maximum Gasteiger partial charge on any atom is 0.313 e. The van der Waals surface area contributed by atoms with Crippen LogP contribution in [0.25, 0.3) is 0 Å². The molecule has 1 aromatic heterocycles. The van der Waals surface area contributed by atoms with Gasteiger partial charge < -0.3 is 9.67 Å². The maximum absolute atomic E-state index is 13.2. The fraction of sp³-hybridized carbons (Fsp3) is 0.308. The molecule has 106 valence electrons. The van der Waals surface area contributed by atoms with Crippen LogP contribution in [0.5, 0.6) is 0 Å². The molecular weight excluding hydrogens is 281 g/mol. The molecule has 1 N–H and O–H groups in total. The number of hydrogen-bond acceptors (Lipinski definition) is 4. The third-order valence-electron chi connectivity index (χ3n) is 2.66. The van der Waals surface area contributed by atoms with Crippen molar-refractivity contribution in [3.63, 3.8) is 0 Å². The van der Waals surface area contributed by atoms with Gasteiger partial charge in [-0.2, -0.15) is 0 Å². The number of carbonyl (C=O) groups is 1. The molecule has 1 aromatic carbocycles. The van der Waals surface area contributed by atoms with E-state index in [4.69, 9.17) is 5.11 Å². The first kappa shape index (κ1) is 14.5. The first-order chi connectivity index (χ1) is 9.60. The molecule has 5 nitrogen and oxygen atoms in total. The van der Waals surface area contributed by atoms with Crippen molar-refractivity contribution >= 4 is 17.7 Å². The number of thioether (sulfide) groups is 1. The number of hydrogen-bond donors (Lipinski definition) is 1. The molecule has 0 amide bonds. The Balaban J connectivity index is 2.24. The number of aromatic nitrogens is 3.